The van der Waals surface area contributed by atoms with Crippen molar-refractivity contribution in [2.24, 2.45) is 0 Å². The van der Waals surface area contributed by atoms with Crippen LogP contribution in [-0.4, -0.2) is 65.4 Å². The van der Waals surface area contributed by atoms with E-state index in [-0.39, 0.29) is 0 Å². The summed E-state index contributed by atoms with van der Waals surface area (Å²) in [7, 11) is 1.61. The minimum Gasteiger partial charge on any atom is -0.492 e. The zero-order valence-corrected chi connectivity index (χ0v) is 16.8. The molecule has 1 aliphatic rings. The first-order valence-corrected chi connectivity index (χ1v) is 9.42. The highest BCUT2D eigenvalue weighted by molar-refractivity contribution is 9.10. The highest BCUT2D eigenvalue weighted by Crippen LogP contribution is 2.46. The Morgan fingerprint density at radius 3 is 2.65 bits per heavy atom. The zero-order valence-electron chi connectivity index (χ0n) is 14.5. The van der Waals surface area contributed by atoms with Crippen LogP contribution in [0, 0.1) is 0 Å². The van der Waals surface area contributed by atoms with Gasteiger partial charge in [-0.15, -0.1) is 0 Å². The molecule has 26 heavy (non-hydrogen) atoms. The number of rotatable bonds is 8. The fraction of sp³-hybridized carbons (Fsp3) is 0.588. The normalized spacial score (nSPS) is 19.0. The molecular formula is C17H23BrClNO6. The average molecular weight is 453 g/mol. The Hall–Kier alpha value is -1.06. The molecular weight excluding hydrogens is 430 g/mol. The van der Waals surface area contributed by atoms with Gasteiger partial charge >= 0.3 is 6.09 Å². The van der Waals surface area contributed by atoms with Crippen LogP contribution in [0.15, 0.2) is 16.6 Å². The lowest BCUT2D eigenvalue weighted by atomic mass is 9.99. The molecule has 1 aromatic carbocycles. The molecule has 146 valence electrons. The Balaban J connectivity index is 2.33. The summed E-state index contributed by atoms with van der Waals surface area (Å²) >= 11 is 9.67. The molecule has 0 saturated carbocycles. The van der Waals surface area contributed by atoms with E-state index in [4.69, 9.17) is 21.1 Å². The molecule has 3 N–H and O–H groups in total. The summed E-state index contributed by atoms with van der Waals surface area (Å²) in [5.74, 6) is 0.455. The maximum absolute atomic E-state index is 11.8. The predicted octanol–water partition coefficient (Wildman–Crippen LogP) is 3.06. The number of aliphatic hydroxyl groups excluding tert-OH is 2. The van der Waals surface area contributed by atoms with Crippen LogP contribution in [-0.2, 0) is 4.74 Å². The molecule has 2 rings (SSSR count). The van der Waals surface area contributed by atoms with Gasteiger partial charge in [0.15, 0.2) is 0 Å². The minimum atomic E-state index is -1.20. The third-order valence-corrected chi connectivity index (χ3v) is 5.64. The molecule has 9 heteroatoms. The number of hydrogen-bond donors (Lipinski definition) is 3. The Morgan fingerprint density at radius 1 is 1.38 bits per heavy atom. The van der Waals surface area contributed by atoms with Gasteiger partial charge in [0.25, 0.3) is 0 Å². The number of carbonyl (C=O) groups is 1. The van der Waals surface area contributed by atoms with Crippen molar-refractivity contribution in [2.45, 2.75) is 30.8 Å². The molecule has 0 radical (unpaired) electrons. The molecule has 1 atom stereocenters. The first-order chi connectivity index (χ1) is 12.4. The van der Waals surface area contributed by atoms with Crippen LogP contribution in [0.5, 0.6) is 5.75 Å². The van der Waals surface area contributed by atoms with Gasteiger partial charge in [-0.2, -0.15) is 0 Å². The van der Waals surface area contributed by atoms with Crippen molar-refractivity contribution >= 4 is 33.6 Å². The van der Waals surface area contributed by atoms with E-state index in [0.717, 1.165) is 4.90 Å². The number of amides is 1. The first kappa shape index (κ1) is 21.2. The first-order valence-electron chi connectivity index (χ1n) is 8.25. The lowest BCUT2D eigenvalue weighted by molar-refractivity contribution is 0.00589. The van der Waals surface area contributed by atoms with Crippen molar-refractivity contribution in [2.75, 3.05) is 33.5 Å². The van der Waals surface area contributed by atoms with Gasteiger partial charge < -0.3 is 24.8 Å². The van der Waals surface area contributed by atoms with E-state index in [1.54, 1.807) is 19.2 Å². The van der Waals surface area contributed by atoms with Gasteiger partial charge in [-0.05, 0) is 30.5 Å². The number of nitrogens with zero attached hydrogens (tertiary/aromatic N) is 1. The van der Waals surface area contributed by atoms with Crippen LogP contribution < -0.4 is 4.74 Å². The number of aliphatic hydroxyl groups is 2. The van der Waals surface area contributed by atoms with Crippen molar-refractivity contribution in [1.29, 1.82) is 0 Å². The largest absolute Gasteiger partial charge is 0.492 e. The molecule has 1 heterocycles. The molecule has 0 unspecified atom stereocenters. The van der Waals surface area contributed by atoms with E-state index in [9.17, 15) is 20.1 Å². The second-order valence-corrected chi connectivity index (χ2v) is 7.51. The number of ether oxygens (including phenoxy) is 2. The zero-order chi connectivity index (χ0) is 19.3. The van der Waals surface area contributed by atoms with Crippen molar-refractivity contribution in [1.82, 2.24) is 4.90 Å². The summed E-state index contributed by atoms with van der Waals surface area (Å²) in [5, 5.41) is 29.5. The van der Waals surface area contributed by atoms with Gasteiger partial charge in [-0.1, -0.05) is 27.5 Å². The number of likely N-dealkylation sites (tertiary alicyclic amines) is 1. The SMILES string of the molecule is COCCCOc1cc([C@H]2CCC(CO)(CO)N2C(=O)O)c(Br)cc1Cl. The summed E-state index contributed by atoms with van der Waals surface area (Å²) in [6.45, 7) is 0.0842. The fourth-order valence-electron chi connectivity index (χ4n) is 3.27. The molecule has 1 aliphatic heterocycles. The third kappa shape index (κ3) is 4.26. The van der Waals surface area contributed by atoms with Gasteiger partial charge in [0, 0.05) is 24.6 Å². The molecule has 0 aromatic heterocycles. The molecule has 1 amide bonds. The quantitative estimate of drug-likeness (QED) is 0.524. The van der Waals surface area contributed by atoms with Crippen LogP contribution in [0.4, 0.5) is 4.79 Å². The van der Waals surface area contributed by atoms with Gasteiger partial charge in [-0.25, -0.2) is 4.79 Å². The molecule has 1 aromatic rings. The molecule has 7 nitrogen and oxygen atoms in total. The third-order valence-electron chi connectivity index (χ3n) is 4.66. The highest BCUT2D eigenvalue weighted by atomic mass is 79.9. The summed E-state index contributed by atoms with van der Waals surface area (Å²) in [4.78, 5) is 13.0. The van der Waals surface area contributed by atoms with Crippen molar-refractivity contribution in [3.63, 3.8) is 0 Å². The smallest absolute Gasteiger partial charge is 0.408 e. The Kier molecular flexibility index (Phi) is 7.54. The second kappa shape index (κ2) is 9.23. The highest BCUT2D eigenvalue weighted by Gasteiger charge is 2.49. The number of hydrogen-bond acceptors (Lipinski definition) is 5. The summed E-state index contributed by atoms with van der Waals surface area (Å²) < 4.78 is 11.3. The number of halogens is 2. The fourth-order valence-corrected chi connectivity index (χ4v) is 4.23. The van der Waals surface area contributed by atoms with E-state index in [1.807, 2.05) is 0 Å². The van der Waals surface area contributed by atoms with Crippen LogP contribution in [0.1, 0.15) is 30.9 Å². The molecule has 1 saturated heterocycles. The van der Waals surface area contributed by atoms with Gasteiger partial charge in [-0.3, -0.25) is 4.90 Å². The van der Waals surface area contributed by atoms with Crippen LogP contribution in [0.2, 0.25) is 5.02 Å². The molecule has 0 aliphatic carbocycles. The van der Waals surface area contributed by atoms with Gasteiger partial charge in [0.1, 0.15) is 5.75 Å². The van der Waals surface area contributed by atoms with E-state index in [1.165, 1.54) is 0 Å². The average Bonchev–Trinajstić information content (AvgIpc) is 3.00. The maximum Gasteiger partial charge on any atom is 0.408 e. The second-order valence-electron chi connectivity index (χ2n) is 6.25. The monoisotopic (exact) mass is 451 g/mol. The standard InChI is InChI=1S/C17H23BrClNO6/c1-25-5-2-6-26-15-7-11(12(18)8-13(15)19)14-3-4-17(9-21,10-22)20(14)16(23)24/h7-8,14,21-22H,2-6,9-10H2,1H3,(H,23,24)/t14-/m1/s1. The van der Waals surface area contributed by atoms with Gasteiger partial charge in [0.2, 0.25) is 0 Å². The minimum absolute atomic E-state index is 0.357. The summed E-state index contributed by atoms with van der Waals surface area (Å²) in [6.07, 6.45) is 0.327. The number of carboxylic acid groups (broad SMARTS) is 1. The lowest BCUT2D eigenvalue weighted by Gasteiger charge is -2.37. The maximum atomic E-state index is 11.8. The molecule has 0 bridgehead atoms. The van der Waals surface area contributed by atoms with Crippen LogP contribution in [0.3, 0.4) is 0 Å². The number of benzene rings is 1. The van der Waals surface area contributed by atoms with E-state index < -0.39 is 30.9 Å². The van der Waals surface area contributed by atoms with Crippen molar-refractivity contribution in [3.05, 3.63) is 27.2 Å². The van der Waals surface area contributed by atoms with Crippen LogP contribution >= 0.6 is 27.5 Å². The van der Waals surface area contributed by atoms with E-state index >= 15 is 0 Å². The Morgan fingerprint density at radius 2 is 2.08 bits per heavy atom. The molecule has 0 spiro atoms. The summed E-state index contributed by atoms with van der Waals surface area (Å²) in [5.41, 5.74) is -0.517. The molecule has 1 fully saturated rings. The van der Waals surface area contributed by atoms with E-state index in [0.29, 0.717) is 53.3 Å². The number of methoxy groups -OCH3 is 1. The van der Waals surface area contributed by atoms with Gasteiger partial charge in [0.05, 0.1) is 36.4 Å². The topological polar surface area (TPSA) is 99.5 Å². The summed E-state index contributed by atoms with van der Waals surface area (Å²) in [6, 6.07) is 2.85. The lowest BCUT2D eigenvalue weighted by Crippen LogP contribution is -2.53. The van der Waals surface area contributed by atoms with Crippen molar-refractivity contribution < 1.29 is 29.6 Å². The van der Waals surface area contributed by atoms with Crippen LogP contribution in [0.25, 0.3) is 0 Å². The Labute approximate surface area is 165 Å². The van der Waals surface area contributed by atoms with Crippen molar-refractivity contribution in [3.8, 4) is 5.75 Å². The Bertz CT molecular complexity index is 640. The predicted molar refractivity (Wildman–Crippen MR) is 99.9 cm³/mol. The van der Waals surface area contributed by atoms with E-state index in [2.05, 4.69) is 15.9 Å².